The summed E-state index contributed by atoms with van der Waals surface area (Å²) in [5.74, 6) is -2.07. The van der Waals surface area contributed by atoms with Gasteiger partial charge in [0.1, 0.15) is 17.5 Å². The summed E-state index contributed by atoms with van der Waals surface area (Å²) in [7, 11) is 1.86. The molecule has 1 aliphatic rings. The third kappa shape index (κ3) is 4.82. The molecule has 0 bridgehead atoms. The van der Waals surface area contributed by atoms with Crippen LogP contribution >= 0.6 is 0 Å². The highest BCUT2D eigenvalue weighted by Crippen LogP contribution is 2.39. The largest absolute Gasteiger partial charge is 0.352 e. The Labute approximate surface area is 195 Å². The van der Waals surface area contributed by atoms with E-state index in [4.69, 9.17) is 5.41 Å². The van der Waals surface area contributed by atoms with E-state index < -0.39 is 17.5 Å². The summed E-state index contributed by atoms with van der Waals surface area (Å²) in [6.45, 7) is 1.97. The van der Waals surface area contributed by atoms with Gasteiger partial charge in [-0.15, -0.1) is 0 Å². The molecule has 1 fully saturated rings. The van der Waals surface area contributed by atoms with Gasteiger partial charge in [-0.2, -0.15) is 0 Å². The fourth-order valence-corrected chi connectivity index (χ4v) is 4.16. The van der Waals surface area contributed by atoms with Crippen LogP contribution in [0.4, 0.5) is 13.2 Å². The van der Waals surface area contributed by atoms with E-state index >= 15 is 0 Å². The molecule has 1 amide bonds. The normalized spacial score (nSPS) is 15.9. The number of quaternary nitrogens is 1. The zero-order valence-corrected chi connectivity index (χ0v) is 18.9. The molecule has 3 aromatic rings. The van der Waals surface area contributed by atoms with Crippen LogP contribution < -0.4 is 10.6 Å². The lowest BCUT2D eigenvalue weighted by atomic mass is 9.78. The maximum absolute atomic E-state index is 14.5. The van der Waals surface area contributed by atoms with E-state index in [0.29, 0.717) is 47.3 Å². The smallest absolute Gasteiger partial charge is 0.224 e. The van der Waals surface area contributed by atoms with Crippen molar-refractivity contribution in [2.45, 2.75) is 19.8 Å². The van der Waals surface area contributed by atoms with Gasteiger partial charge in [0.05, 0.1) is 24.5 Å². The number of halogens is 3. The maximum Gasteiger partial charge on any atom is 0.224 e. The molecule has 1 saturated carbocycles. The molecule has 0 unspecified atom stereocenters. The predicted molar refractivity (Wildman–Crippen MR) is 127 cm³/mol. The number of amides is 1. The van der Waals surface area contributed by atoms with Gasteiger partial charge in [-0.05, 0) is 55.7 Å². The lowest BCUT2D eigenvalue weighted by molar-refractivity contribution is -0.557. The molecule has 0 spiro atoms. The average molecular weight is 468 g/mol. The lowest BCUT2D eigenvalue weighted by Gasteiger charge is -2.28. The number of aromatic nitrogens is 1. The van der Waals surface area contributed by atoms with E-state index in [1.807, 2.05) is 18.4 Å². The number of rotatable bonds is 7. The van der Waals surface area contributed by atoms with Gasteiger partial charge < -0.3 is 21.0 Å². The van der Waals surface area contributed by atoms with Gasteiger partial charge in [0.2, 0.25) is 5.91 Å². The SMILES string of the molecule is C[NH2+]/C=C(/CNC(=O)C1CC(=Cc2c(-c3ccc(F)cc3)[nH]c3c(F)cc(F)cc23)C1)C(C)=N. The fourth-order valence-electron chi connectivity index (χ4n) is 4.16. The van der Waals surface area contributed by atoms with Gasteiger partial charge in [0, 0.05) is 40.8 Å². The fraction of sp³-hybridized carbons (Fsp3) is 0.231. The van der Waals surface area contributed by atoms with Crippen molar-refractivity contribution in [3.8, 4) is 11.3 Å². The van der Waals surface area contributed by atoms with Crippen LogP contribution in [0, 0.1) is 28.8 Å². The van der Waals surface area contributed by atoms with Gasteiger partial charge >= 0.3 is 0 Å². The second-order valence-corrected chi connectivity index (χ2v) is 8.51. The molecular weight excluding hydrogens is 441 g/mol. The minimum atomic E-state index is -0.705. The molecule has 5 nitrogen and oxygen atoms in total. The standard InChI is InChI=1S/C26H25F3N4O/c1-14(30)18(12-31-2)13-32-26(34)17-7-15(8-17)9-21-22-10-20(28)11-23(29)25(22)33-24(21)16-3-5-19(27)6-4-16/h3-6,9-12,17,30-31,33H,7-8,13H2,1-2H3,(H,32,34)/p+1/b15-9?,18-12-,30-14?. The molecule has 4 rings (SSSR count). The first-order valence-electron chi connectivity index (χ1n) is 11.0. The van der Waals surface area contributed by atoms with Crippen molar-refractivity contribution >= 4 is 28.6 Å². The summed E-state index contributed by atoms with van der Waals surface area (Å²) < 4.78 is 41.9. The number of carbonyl (C=O) groups is 1. The molecule has 2 aromatic carbocycles. The lowest BCUT2D eigenvalue weighted by Crippen LogP contribution is -2.73. The van der Waals surface area contributed by atoms with Crippen molar-refractivity contribution in [3.63, 3.8) is 0 Å². The molecular formula is C26H26F3N4O+. The number of fused-ring (bicyclic) bond motifs is 1. The van der Waals surface area contributed by atoms with E-state index in [0.717, 1.165) is 17.2 Å². The van der Waals surface area contributed by atoms with Crippen LogP contribution in [-0.4, -0.2) is 30.2 Å². The van der Waals surface area contributed by atoms with E-state index in [1.165, 1.54) is 18.2 Å². The van der Waals surface area contributed by atoms with Crippen LogP contribution in [0.15, 0.2) is 53.7 Å². The Morgan fingerprint density at radius 1 is 1.18 bits per heavy atom. The summed E-state index contributed by atoms with van der Waals surface area (Å²) in [5, 5.41) is 12.9. The Kier molecular flexibility index (Phi) is 6.70. The Balaban J connectivity index is 1.57. The molecule has 0 radical (unpaired) electrons. The maximum atomic E-state index is 14.5. The van der Waals surface area contributed by atoms with Crippen LogP contribution in [0.2, 0.25) is 0 Å². The number of carbonyl (C=O) groups excluding carboxylic acids is 1. The van der Waals surface area contributed by atoms with Gasteiger partial charge in [-0.3, -0.25) is 4.79 Å². The van der Waals surface area contributed by atoms with E-state index in [9.17, 15) is 18.0 Å². The summed E-state index contributed by atoms with van der Waals surface area (Å²) in [6.07, 6.45) is 4.73. The number of hydrogen-bond donors (Lipinski definition) is 4. The van der Waals surface area contributed by atoms with Gasteiger partial charge in [-0.1, -0.05) is 11.6 Å². The third-order valence-corrected chi connectivity index (χ3v) is 6.04. The number of nitrogens with two attached hydrogens (primary N) is 1. The predicted octanol–water partition coefficient (Wildman–Crippen LogP) is 4.28. The molecule has 8 heteroatoms. The van der Waals surface area contributed by atoms with Crippen LogP contribution in [0.1, 0.15) is 25.3 Å². The van der Waals surface area contributed by atoms with Gasteiger partial charge in [0.25, 0.3) is 0 Å². The Morgan fingerprint density at radius 2 is 1.88 bits per heavy atom. The summed E-state index contributed by atoms with van der Waals surface area (Å²) >= 11 is 0. The Morgan fingerprint density at radius 3 is 2.53 bits per heavy atom. The van der Waals surface area contributed by atoms with Gasteiger partial charge in [-0.25, -0.2) is 13.2 Å². The van der Waals surface area contributed by atoms with Crippen LogP contribution in [0.5, 0.6) is 0 Å². The Hall–Kier alpha value is -3.65. The number of allylic oxidation sites excluding steroid dienone is 1. The topological polar surface area (TPSA) is 85.3 Å². The molecule has 34 heavy (non-hydrogen) atoms. The van der Waals surface area contributed by atoms with Crippen LogP contribution in [0.25, 0.3) is 28.2 Å². The summed E-state index contributed by atoms with van der Waals surface area (Å²) in [5.41, 5.74) is 4.12. The van der Waals surface area contributed by atoms with Crippen LogP contribution in [0.3, 0.4) is 0 Å². The molecule has 0 atom stereocenters. The van der Waals surface area contributed by atoms with Crippen molar-refractivity contribution in [2.75, 3.05) is 13.6 Å². The number of aromatic amines is 1. The zero-order valence-electron chi connectivity index (χ0n) is 18.9. The highest BCUT2D eigenvalue weighted by Gasteiger charge is 2.30. The second-order valence-electron chi connectivity index (χ2n) is 8.51. The van der Waals surface area contributed by atoms with Crippen molar-refractivity contribution in [1.29, 1.82) is 5.41 Å². The molecule has 1 aliphatic carbocycles. The van der Waals surface area contributed by atoms with Crippen molar-refractivity contribution in [1.82, 2.24) is 10.3 Å². The first kappa shape index (κ1) is 23.5. The molecule has 0 aliphatic heterocycles. The van der Waals surface area contributed by atoms with Crippen LogP contribution in [-0.2, 0) is 4.79 Å². The molecule has 0 saturated heterocycles. The van der Waals surface area contributed by atoms with Gasteiger partial charge in [0.15, 0.2) is 0 Å². The number of H-pyrrole nitrogens is 1. The minimum Gasteiger partial charge on any atom is -0.352 e. The van der Waals surface area contributed by atoms with E-state index in [-0.39, 0.29) is 17.3 Å². The van der Waals surface area contributed by atoms with Crippen molar-refractivity contribution in [2.24, 2.45) is 5.92 Å². The quantitative estimate of drug-likeness (QED) is 0.384. The number of benzene rings is 2. The molecule has 176 valence electrons. The minimum absolute atomic E-state index is 0.0878. The number of nitrogens with one attached hydrogen (secondary N) is 3. The van der Waals surface area contributed by atoms with Crippen molar-refractivity contribution in [3.05, 3.63) is 76.8 Å². The van der Waals surface area contributed by atoms with E-state index in [1.54, 1.807) is 25.3 Å². The second kappa shape index (κ2) is 9.69. The first-order chi connectivity index (χ1) is 16.3. The number of hydrogen-bond acceptors (Lipinski definition) is 2. The summed E-state index contributed by atoms with van der Waals surface area (Å²) in [6, 6.07) is 7.88. The zero-order chi connectivity index (χ0) is 24.4. The van der Waals surface area contributed by atoms with E-state index in [2.05, 4.69) is 10.3 Å². The monoisotopic (exact) mass is 467 g/mol. The Bertz CT molecular complexity index is 1310. The summed E-state index contributed by atoms with van der Waals surface area (Å²) in [4.78, 5) is 15.6. The van der Waals surface area contributed by atoms with Crippen molar-refractivity contribution < 1.29 is 23.3 Å². The molecule has 1 aromatic heterocycles. The first-order valence-corrected chi connectivity index (χ1v) is 11.0. The highest BCUT2D eigenvalue weighted by molar-refractivity contribution is 5.98. The third-order valence-electron chi connectivity index (χ3n) is 6.04. The average Bonchev–Trinajstić information content (AvgIpc) is 3.12. The molecule has 1 heterocycles. The molecule has 5 N–H and O–H groups in total. The highest BCUT2D eigenvalue weighted by atomic mass is 19.1.